The molecule has 1 aromatic heterocycles. The van der Waals surface area contributed by atoms with Crippen LogP contribution in [0, 0.1) is 0 Å². The monoisotopic (exact) mass is 274 g/mol. The van der Waals surface area contributed by atoms with E-state index >= 15 is 0 Å². The summed E-state index contributed by atoms with van der Waals surface area (Å²) in [4.78, 5) is 16.8. The zero-order chi connectivity index (χ0) is 14.2. The minimum atomic E-state index is -0.000128. The summed E-state index contributed by atoms with van der Waals surface area (Å²) in [6.45, 7) is 0. The van der Waals surface area contributed by atoms with E-state index in [9.17, 15) is 4.79 Å². The number of carbonyl (C=O) groups excluding carboxylic acids is 1. The Balaban J connectivity index is 1.83. The lowest BCUT2D eigenvalue weighted by molar-refractivity contribution is 0.0974. The van der Waals surface area contributed by atoms with Gasteiger partial charge in [0.1, 0.15) is 0 Å². The van der Waals surface area contributed by atoms with Crippen molar-refractivity contribution in [2.75, 3.05) is 5.32 Å². The van der Waals surface area contributed by atoms with Gasteiger partial charge in [-0.1, -0.05) is 36.4 Å². The standard InChI is InChI=1S/C18H14N2O/c21-17-10-16(13-5-3-9-19-11-13)20-15-8-7-12-4-1-2-6-14(12)18(15)17/h1-9,11,16,20H,10H2/t16-/m0/s1. The minimum absolute atomic E-state index is 0.000128. The first-order chi connectivity index (χ1) is 10.3. The average Bonchev–Trinajstić information content (AvgIpc) is 2.55. The Bertz CT molecular complexity index is 827. The highest BCUT2D eigenvalue weighted by Crippen LogP contribution is 2.36. The van der Waals surface area contributed by atoms with Gasteiger partial charge in [0.25, 0.3) is 0 Å². The van der Waals surface area contributed by atoms with Crippen LogP contribution >= 0.6 is 0 Å². The molecule has 0 spiro atoms. The fourth-order valence-corrected chi connectivity index (χ4v) is 3.00. The molecule has 4 rings (SSSR count). The van der Waals surface area contributed by atoms with E-state index in [1.165, 1.54) is 0 Å². The molecule has 0 bridgehead atoms. The fourth-order valence-electron chi connectivity index (χ4n) is 3.00. The Morgan fingerprint density at radius 1 is 1.05 bits per heavy atom. The second-order valence-electron chi connectivity index (χ2n) is 5.32. The number of nitrogens with zero attached hydrogens (tertiary/aromatic N) is 1. The molecule has 2 heterocycles. The van der Waals surface area contributed by atoms with Crippen LogP contribution in [0.3, 0.4) is 0 Å². The van der Waals surface area contributed by atoms with Gasteiger partial charge >= 0.3 is 0 Å². The molecule has 2 aromatic carbocycles. The average molecular weight is 274 g/mol. The Hall–Kier alpha value is -2.68. The largest absolute Gasteiger partial charge is 0.377 e. The predicted octanol–water partition coefficient (Wildman–Crippen LogP) is 3.97. The molecule has 1 atom stereocenters. The molecule has 0 radical (unpaired) electrons. The third kappa shape index (κ3) is 1.98. The van der Waals surface area contributed by atoms with E-state index in [0.717, 1.165) is 27.6 Å². The van der Waals surface area contributed by atoms with Crippen molar-refractivity contribution in [2.45, 2.75) is 12.5 Å². The second-order valence-corrected chi connectivity index (χ2v) is 5.32. The van der Waals surface area contributed by atoms with Crippen LogP contribution in [-0.4, -0.2) is 10.8 Å². The lowest BCUT2D eigenvalue weighted by atomic mass is 9.90. The molecule has 1 aliphatic heterocycles. The molecule has 0 aliphatic carbocycles. The molecule has 3 aromatic rings. The van der Waals surface area contributed by atoms with Gasteiger partial charge in [-0.15, -0.1) is 0 Å². The second kappa shape index (κ2) is 4.70. The van der Waals surface area contributed by atoms with Crippen molar-refractivity contribution in [1.29, 1.82) is 0 Å². The number of fused-ring (bicyclic) bond motifs is 3. The molecule has 0 saturated heterocycles. The number of ketones is 1. The zero-order valence-electron chi connectivity index (χ0n) is 11.4. The predicted molar refractivity (Wildman–Crippen MR) is 83.5 cm³/mol. The van der Waals surface area contributed by atoms with Crippen LogP contribution in [0.2, 0.25) is 0 Å². The normalized spacial score (nSPS) is 17.3. The van der Waals surface area contributed by atoms with Crippen molar-refractivity contribution < 1.29 is 4.79 Å². The van der Waals surface area contributed by atoms with Crippen LogP contribution < -0.4 is 5.32 Å². The number of rotatable bonds is 1. The summed E-state index contributed by atoms with van der Waals surface area (Å²) in [7, 11) is 0. The van der Waals surface area contributed by atoms with Crippen molar-refractivity contribution in [2.24, 2.45) is 0 Å². The number of benzene rings is 2. The number of carbonyl (C=O) groups is 1. The zero-order valence-corrected chi connectivity index (χ0v) is 11.4. The Morgan fingerprint density at radius 2 is 1.95 bits per heavy atom. The SMILES string of the molecule is O=C1C[C@@H](c2cccnc2)Nc2ccc3ccccc3c21. The van der Waals surface area contributed by atoms with Gasteiger partial charge in [0, 0.05) is 30.1 Å². The van der Waals surface area contributed by atoms with Gasteiger partial charge in [-0.2, -0.15) is 0 Å². The van der Waals surface area contributed by atoms with Crippen molar-refractivity contribution in [3.8, 4) is 0 Å². The van der Waals surface area contributed by atoms with Crippen molar-refractivity contribution in [3.63, 3.8) is 0 Å². The van der Waals surface area contributed by atoms with Crippen molar-refractivity contribution >= 4 is 22.2 Å². The van der Waals surface area contributed by atoms with E-state index in [-0.39, 0.29) is 11.8 Å². The summed E-state index contributed by atoms with van der Waals surface area (Å²) in [6.07, 6.45) is 4.03. The summed E-state index contributed by atoms with van der Waals surface area (Å²) in [5, 5.41) is 5.60. The summed E-state index contributed by atoms with van der Waals surface area (Å²) < 4.78 is 0. The van der Waals surface area contributed by atoms with Gasteiger partial charge in [0.15, 0.2) is 5.78 Å². The highest BCUT2D eigenvalue weighted by atomic mass is 16.1. The van der Waals surface area contributed by atoms with E-state index in [2.05, 4.69) is 16.4 Å². The summed E-state index contributed by atoms with van der Waals surface area (Å²) in [5.74, 6) is 0.189. The molecule has 21 heavy (non-hydrogen) atoms. The first kappa shape index (κ1) is 12.1. The van der Waals surface area contributed by atoms with Crippen LogP contribution in [-0.2, 0) is 0 Å². The third-order valence-electron chi connectivity index (χ3n) is 4.01. The van der Waals surface area contributed by atoms with E-state index in [4.69, 9.17) is 0 Å². The molecule has 0 amide bonds. The summed E-state index contributed by atoms with van der Waals surface area (Å²) >= 11 is 0. The van der Waals surface area contributed by atoms with Gasteiger partial charge in [0.05, 0.1) is 6.04 Å². The lowest BCUT2D eigenvalue weighted by Gasteiger charge is -2.27. The number of hydrogen-bond acceptors (Lipinski definition) is 3. The topological polar surface area (TPSA) is 42.0 Å². The first-order valence-corrected chi connectivity index (χ1v) is 7.04. The maximum absolute atomic E-state index is 12.6. The van der Waals surface area contributed by atoms with Gasteiger partial charge in [-0.05, 0) is 28.5 Å². The van der Waals surface area contributed by atoms with Crippen molar-refractivity contribution in [3.05, 3.63) is 72.1 Å². The fraction of sp³-hybridized carbons (Fsp3) is 0.111. The van der Waals surface area contributed by atoms with Crippen LogP contribution in [0.4, 0.5) is 5.69 Å². The molecule has 1 N–H and O–H groups in total. The molecule has 102 valence electrons. The van der Waals surface area contributed by atoms with E-state index in [0.29, 0.717) is 6.42 Å². The Morgan fingerprint density at radius 3 is 2.81 bits per heavy atom. The third-order valence-corrected chi connectivity index (χ3v) is 4.01. The van der Waals surface area contributed by atoms with Gasteiger partial charge in [-0.25, -0.2) is 0 Å². The molecule has 3 nitrogen and oxygen atoms in total. The number of anilines is 1. The molecule has 0 fully saturated rings. The Labute approximate surface area is 122 Å². The van der Waals surface area contributed by atoms with Gasteiger partial charge in [-0.3, -0.25) is 9.78 Å². The molecule has 3 heteroatoms. The first-order valence-electron chi connectivity index (χ1n) is 7.04. The van der Waals surface area contributed by atoms with Crippen LogP contribution in [0.5, 0.6) is 0 Å². The van der Waals surface area contributed by atoms with Crippen molar-refractivity contribution in [1.82, 2.24) is 4.98 Å². The van der Waals surface area contributed by atoms with E-state index in [1.807, 2.05) is 48.7 Å². The number of aromatic nitrogens is 1. The quantitative estimate of drug-likeness (QED) is 0.730. The van der Waals surface area contributed by atoms with E-state index < -0.39 is 0 Å². The van der Waals surface area contributed by atoms with Crippen LogP contribution in [0.1, 0.15) is 28.4 Å². The number of nitrogens with one attached hydrogen (secondary N) is 1. The molecular formula is C18H14N2O. The van der Waals surface area contributed by atoms with Gasteiger partial charge in [0.2, 0.25) is 0 Å². The maximum atomic E-state index is 12.6. The summed E-state index contributed by atoms with van der Waals surface area (Å²) in [6, 6.07) is 16.0. The summed E-state index contributed by atoms with van der Waals surface area (Å²) in [5.41, 5.74) is 2.77. The van der Waals surface area contributed by atoms with Crippen LogP contribution in [0.15, 0.2) is 60.9 Å². The maximum Gasteiger partial charge on any atom is 0.167 e. The number of hydrogen-bond donors (Lipinski definition) is 1. The lowest BCUT2D eigenvalue weighted by Crippen LogP contribution is -2.23. The highest BCUT2D eigenvalue weighted by Gasteiger charge is 2.27. The van der Waals surface area contributed by atoms with E-state index in [1.54, 1.807) is 6.20 Å². The van der Waals surface area contributed by atoms with Gasteiger partial charge < -0.3 is 5.32 Å². The highest BCUT2D eigenvalue weighted by molar-refractivity contribution is 6.14. The number of pyridine rings is 1. The minimum Gasteiger partial charge on any atom is -0.377 e. The van der Waals surface area contributed by atoms with Crippen LogP contribution in [0.25, 0.3) is 10.8 Å². The molecule has 0 unspecified atom stereocenters. The molecule has 0 saturated carbocycles. The Kier molecular flexibility index (Phi) is 2.71. The molecule has 1 aliphatic rings. The molecular weight excluding hydrogens is 260 g/mol. The number of Topliss-reactive ketones (excluding diaryl/α,β-unsaturated/α-hetero) is 1. The smallest absolute Gasteiger partial charge is 0.167 e.